The number of hydrogen-bond acceptors (Lipinski definition) is 2. The first kappa shape index (κ1) is 14.8. The van der Waals surface area contributed by atoms with E-state index in [-0.39, 0.29) is 35.2 Å². The van der Waals surface area contributed by atoms with Gasteiger partial charge in [-0.2, -0.15) is 18.3 Å². The van der Waals surface area contributed by atoms with Crippen molar-refractivity contribution in [3.05, 3.63) is 41.0 Å². The largest absolute Gasteiger partial charge is 0.435 e. The Labute approximate surface area is 124 Å². The fraction of sp³-hybridized carbons (Fsp3) is 0.286. The molecule has 0 saturated carbocycles. The Morgan fingerprint density at radius 2 is 1.95 bits per heavy atom. The summed E-state index contributed by atoms with van der Waals surface area (Å²) < 4.78 is 53.4. The highest BCUT2D eigenvalue weighted by atomic mass is 19.4. The van der Waals surface area contributed by atoms with E-state index in [0.717, 1.165) is 16.8 Å². The molecule has 0 aliphatic heterocycles. The second-order valence-corrected chi connectivity index (χ2v) is 5.07. The van der Waals surface area contributed by atoms with Crippen LogP contribution in [0.15, 0.2) is 18.2 Å². The van der Waals surface area contributed by atoms with E-state index >= 15 is 0 Å². The zero-order valence-electron chi connectivity index (χ0n) is 11.2. The van der Waals surface area contributed by atoms with Gasteiger partial charge in [0.25, 0.3) is 0 Å². The number of aromatic nitrogens is 2. The van der Waals surface area contributed by atoms with Crippen molar-refractivity contribution in [1.29, 1.82) is 0 Å². The van der Waals surface area contributed by atoms with Crippen molar-refractivity contribution in [2.75, 3.05) is 0 Å². The highest BCUT2D eigenvalue weighted by Crippen LogP contribution is 2.36. The SMILES string of the molecule is [B]c1cc(-n2nc(C(F)(F)F)c3c2C(=O)CCC3)ccc1F. The van der Waals surface area contributed by atoms with Gasteiger partial charge in [-0.25, -0.2) is 9.07 Å². The van der Waals surface area contributed by atoms with Crippen LogP contribution in [0.5, 0.6) is 0 Å². The smallest absolute Gasteiger partial charge is 0.292 e. The minimum atomic E-state index is -4.65. The molecule has 1 aliphatic rings. The number of alkyl halides is 3. The van der Waals surface area contributed by atoms with E-state index in [1.54, 1.807) is 0 Å². The molecule has 1 heterocycles. The molecule has 1 aromatic heterocycles. The van der Waals surface area contributed by atoms with Crippen LogP contribution in [0, 0.1) is 5.82 Å². The Balaban J connectivity index is 2.25. The molecule has 3 nitrogen and oxygen atoms in total. The maximum Gasteiger partial charge on any atom is 0.435 e. The number of rotatable bonds is 1. The van der Waals surface area contributed by atoms with E-state index in [1.807, 2.05) is 0 Å². The molecule has 8 heteroatoms. The number of carbonyl (C=O) groups excluding carboxylic acids is 1. The summed E-state index contributed by atoms with van der Waals surface area (Å²) in [7, 11) is 5.44. The molecule has 0 unspecified atom stereocenters. The van der Waals surface area contributed by atoms with Crippen LogP contribution in [0.1, 0.15) is 34.6 Å². The molecule has 0 bridgehead atoms. The first-order chi connectivity index (χ1) is 10.3. The van der Waals surface area contributed by atoms with Crippen molar-refractivity contribution in [3.8, 4) is 5.69 Å². The molecule has 112 valence electrons. The summed E-state index contributed by atoms with van der Waals surface area (Å²) in [5, 5.41) is 3.55. The Morgan fingerprint density at radius 3 is 2.59 bits per heavy atom. The Hall–Kier alpha value is -2.12. The fourth-order valence-corrected chi connectivity index (χ4v) is 2.60. The lowest BCUT2D eigenvalue weighted by atomic mass is 9.93. The van der Waals surface area contributed by atoms with Gasteiger partial charge >= 0.3 is 6.18 Å². The molecule has 0 saturated heterocycles. The normalized spacial score (nSPS) is 15.0. The van der Waals surface area contributed by atoms with Crippen LogP contribution in [0.25, 0.3) is 5.69 Å². The van der Waals surface area contributed by atoms with Gasteiger partial charge in [-0.1, -0.05) is 5.46 Å². The average Bonchev–Trinajstić information content (AvgIpc) is 2.83. The van der Waals surface area contributed by atoms with Crippen molar-refractivity contribution >= 4 is 19.1 Å². The number of carbonyl (C=O) groups is 1. The summed E-state index contributed by atoms with van der Waals surface area (Å²) in [6.45, 7) is 0. The van der Waals surface area contributed by atoms with Crippen molar-refractivity contribution in [2.24, 2.45) is 0 Å². The number of fused-ring (bicyclic) bond motifs is 1. The third kappa shape index (κ3) is 2.32. The van der Waals surface area contributed by atoms with E-state index in [2.05, 4.69) is 5.10 Å². The van der Waals surface area contributed by atoms with E-state index < -0.39 is 23.5 Å². The van der Waals surface area contributed by atoms with Gasteiger partial charge in [0, 0.05) is 12.0 Å². The monoisotopic (exact) mass is 308 g/mol. The number of benzene rings is 1. The third-order valence-electron chi connectivity index (χ3n) is 3.57. The molecule has 1 aliphatic carbocycles. The molecule has 0 atom stereocenters. The van der Waals surface area contributed by atoms with Crippen LogP contribution in [0.4, 0.5) is 17.6 Å². The van der Waals surface area contributed by atoms with E-state index in [1.165, 1.54) is 6.07 Å². The zero-order chi connectivity index (χ0) is 16.1. The number of halogens is 4. The molecule has 1 aromatic carbocycles. The van der Waals surface area contributed by atoms with Crippen LogP contribution in [-0.4, -0.2) is 23.4 Å². The summed E-state index contributed by atoms with van der Waals surface area (Å²) in [4.78, 5) is 12.0. The van der Waals surface area contributed by atoms with E-state index in [0.29, 0.717) is 6.42 Å². The van der Waals surface area contributed by atoms with Crippen molar-refractivity contribution in [1.82, 2.24) is 9.78 Å². The highest BCUT2D eigenvalue weighted by molar-refractivity contribution is 6.32. The van der Waals surface area contributed by atoms with E-state index in [4.69, 9.17) is 7.85 Å². The van der Waals surface area contributed by atoms with Gasteiger partial charge in [0.2, 0.25) is 0 Å². The molecule has 2 aromatic rings. The van der Waals surface area contributed by atoms with Crippen LogP contribution >= 0.6 is 0 Å². The number of Topliss-reactive ketones (excluding diaryl/α,β-unsaturated/α-hetero) is 1. The molecule has 0 amide bonds. The first-order valence-corrected chi connectivity index (χ1v) is 6.56. The van der Waals surface area contributed by atoms with Crippen molar-refractivity contribution in [2.45, 2.75) is 25.4 Å². The second kappa shape index (κ2) is 4.96. The highest BCUT2D eigenvalue weighted by Gasteiger charge is 2.41. The Kier molecular flexibility index (Phi) is 3.34. The predicted octanol–water partition coefficient (Wildman–Crippen LogP) is 2.34. The van der Waals surface area contributed by atoms with E-state index in [9.17, 15) is 22.4 Å². The lowest BCUT2D eigenvalue weighted by Crippen LogP contribution is -2.17. The molecule has 22 heavy (non-hydrogen) atoms. The maximum absolute atomic E-state index is 13.2. The molecular weight excluding hydrogens is 299 g/mol. The minimum absolute atomic E-state index is 0.0930. The molecule has 0 spiro atoms. The number of hydrogen-bond donors (Lipinski definition) is 0. The summed E-state index contributed by atoms with van der Waals surface area (Å²) in [5.74, 6) is -1.10. The van der Waals surface area contributed by atoms with Gasteiger partial charge in [0.1, 0.15) is 19.4 Å². The fourth-order valence-electron chi connectivity index (χ4n) is 2.60. The van der Waals surface area contributed by atoms with Gasteiger partial charge in [0.05, 0.1) is 5.69 Å². The van der Waals surface area contributed by atoms with Gasteiger partial charge in [-0.15, -0.1) is 0 Å². The van der Waals surface area contributed by atoms with Crippen LogP contribution in [0.2, 0.25) is 0 Å². The summed E-state index contributed by atoms with van der Waals surface area (Å²) in [6.07, 6.45) is -4.01. The third-order valence-corrected chi connectivity index (χ3v) is 3.57. The van der Waals surface area contributed by atoms with Gasteiger partial charge in [-0.3, -0.25) is 4.79 Å². The maximum atomic E-state index is 13.2. The summed E-state index contributed by atoms with van der Waals surface area (Å²) >= 11 is 0. The van der Waals surface area contributed by atoms with Crippen LogP contribution in [0.3, 0.4) is 0 Å². The Bertz CT molecular complexity index is 767. The number of nitrogens with zero attached hydrogens (tertiary/aromatic N) is 2. The van der Waals surface area contributed by atoms with Gasteiger partial charge in [0.15, 0.2) is 11.5 Å². The second-order valence-electron chi connectivity index (χ2n) is 5.07. The van der Waals surface area contributed by atoms with Crippen LogP contribution in [-0.2, 0) is 12.6 Å². The standard InChI is InChI=1S/C14H9BF4N2O/c15-9-6-7(4-5-10(9)16)21-12-8(2-1-3-11(12)22)13(20-21)14(17,18)19/h4-6H,1-3H2. The average molecular weight is 308 g/mol. The molecule has 0 N–H and O–H groups in total. The number of ketones is 1. The van der Waals surface area contributed by atoms with Gasteiger partial charge in [-0.05, 0) is 31.0 Å². The zero-order valence-corrected chi connectivity index (χ0v) is 11.2. The summed E-state index contributed by atoms with van der Waals surface area (Å²) in [6, 6.07) is 3.42. The topological polar surface area (TPSA) is 34.9 Å². The lowest BCUT2D eigenvalue weighted by Gasteiger charge is -2.14. The first-order valence-electron chi connectivity index (χ1n) is 6.56. The van der Waals surface area contributed by atoms with Crippen LogP contribution < -0.4 is 5.46 Å². The summed E-state index contributed by atoms with van der Waals surface area (Å²) in [5.41, 5.74) is -1.37. The molecule has 3 rings (SSSR count). The predicted molar refractivity (Wildman–Crippen MR) is 71.2 cm³/mol. The molecule has 0 fully saturated rings. The minimum Gasteiger partial charge on any atom is -0.292 e. The van der Waals surface area contributed by atoms with Gasteiger partial charge < -0.3 is 0 Å². The Morgan fingerprint density at radius 1 is 1.23 bits per heavy atom. The quantitative estimate of drug-likeness (QED) is 0.599. The van der Waals surface area contributed by atoms with Crippen molar-refractivity contribution < 1.29 is 22.4 Å². The molecular formula is C14H9BF4N2O. The lowest BCUT2D eigenvalue weighted by molar-refractivity contribution is -0.142. The van der Waals surface area contributed by atoms with Crippen molar-refractivity contribution in [3.63, 3.8) is 0 Å². The molecule has 2 radical (unpaired) electrons.